The highest BCUT2D eigenvalue weighted by atomic mass is 16.3. The number of nitrogens with zero attached hydrogens (tertiary/aromatic N) is 1. The first-order valence-corrected chi connectivity index (χ1v) is 6.91. The van der Waals surface area contributed by atoms with E-state index >= 15 is 0 Å². The molecular weight excluding hydrogens is 224 g/mol. The Labute approximate surface area is 110 Å². The Morgan fingerprint density at radius 2 is 2.17 bits per heavy atom. The van der Waals surface area contributed by atoms with Crippen molar-refractivity contribution in [3.05, 3.63) is 23.8 Å². The quantitative estimate of drug-likeness (QED) is 0.863. The molecule has 1 aliphatic heterocycles. The molecule has 0 aromatic heterocycles. The Morgan fingerprint density at radius 1 is 1.44 bits per heavy atom. The molecule has 1 aromatic carbocycles. The molecule has 3 heteroatoms. The number of phenols is 1. The third kappa shape index (κ3) is 2.32. The molecule has 1 fully saturated rings. The molecule has 1 aliphatic rings. The van der Waals surface area contributed by atoms with Crippen LogP contribution >= 0.6 is 0 Å². The molecule has 1 aromatic rings. The largest absolute Gasteiger partial charge is 0.508 e. The fourth-order valence-electron chi connectivity index (χ4n) is 3.02. The summed E-state index contributed by atoms with van der Waals surface area (Å²) in [5.74, 6) is 0.316. The lowest BCUT2D eigenvalue weighted by atomic mass is 10.1. The molecule has 0 saturated carbocycles. The molecule has 0 bridgehead atoms. The summed E-state index contributed by atoms with van der Waals surface area (Å²) in [4.78, 5) is 2.44. The van der Waals surface area contributed by atoms with Crippen LogP contribution in [0, 0.1) is 0 Å². The molecule has 1 heterocycles. The Morgan fingerprint density at radius 3 is 2.72 bits per heavy atom. The minimum atomic E-state index is -0.128. The molecule has 0 amide bonds. The maximum absolute atomic E-state index is 10.1. The molecule has 100 valence electrons. The van der Waals surface area contributed by atoms with E-state index in [4.69, 9.17) is 5.73 Å². The number of aromatic hydroxyl groups is 1. The van der Waals surface area contributed by atoms with Crippen LogP contribution in [0.4, 0.5) is 5.69 Å². The summed E-state index contributed by atoms with van der Waals surface area (Å²) in [7, 11) is 0. The zero-order valence-corrected chi connectivity index (χ0v) is 11.6. The standard InChI is InChI=1S/C15H24N2O/c1-4-12-6-5-10(2)17(12)13-7-8-14(11(3)16)15(18)9-13/h7-12,18H,4-6,16H2,1-3H3. The van der Waals surface area contributed by atoms with Gasteiger partial charge in [0.2, 0.25) is 0 Å². The Bertz CT molecular complexity index is 417. The van der Waals surface area contributed by atoms with E-state index in [0.717, 1.165) is 17.7 Å². The van der Waals surface area contributed by atoms with Crippen molar-refractivity contribution in [2.24, 2.45) is 5.73 Å². The highest BCUT2D eigenvalue weighted by Gasteiger charge is 2.29. The number of benzene rings is 1. The van der Waals surface area contributed by atoms with Gasteiger partial charge in [-0.3, -0.25) is 0 Å². The number of hydrogen-bond donors (Lipinski definition) is 2. The SMILES string of the molecule is CCC1CCC(C)N1c1ccc(C(C)N)c(O)c1. The van der Waals surface area contributed by atoms with E-state index in [1.165, 1.54) is 12.8 Å². The Balaban J connectivity index is 2.31. The molecule has 0 spiro atoms. The lowest BCUT2D eigenvalue weighted by Gasteiger charge is -2.30. The maximum Gasteiger partial charge on any atom is 0.122 e. The Hall–Kier alpha value is -1.22. The summed E-state index contributed by atoms with van der Waals surface area (Å²) < 4.78 is 0. The monoisotopic (exact) mass is 248 g/mol. The average Bonchev–Trinajstić information content (AvgIpc) is 2.69. The van der Waals surface area contributed by atoms with E-state index in [1.807, 2.05) is 19.1 Å². The predicted molar refractivity (Wildman–Crippen MR) is 76.0 cm³/mol. The van der Waals surface area contributed by atoms with Crippen molar-refractivity contribution in [2.45, 2.75) is 58.2 Å². The molecule has 3 nitrogen and oxygen atoms in total. The summed E-state index contributed by atoms with van der Waals surface area (Å²) >= 11 is 0. The van der Waals surface area contributed by atoms with Crippen molar-refractivity contribution in [3.63, 3.8) is 0 Å². The minimum Gasteiger partial charge on any atom is -0.508 e. The predicted octanol–water partition coefficient (Wildman–Crippen LogP) is 3.18. The zero-order chi connectivity index (χ0) is 13.3. The van der Waals surface area contributed by atoms with Crippen molar-refractivity contribution in [1.82, 2.24) is 0 Å². The van der Waals surface area contributed by atoms with E-state index in [-0.39, 0.29) is 6.04 Å². The van der Waals surface area contributed by atoms with Crippen molar-refractivity contribution >= 4 is 5.69 Å². The van der Waals surface area contributed by atoms with Gasteiger partial charge >= 0.3 is 0 Å². The third-order valence-corrected chi connectivity index (χ3v) is 4.06. The highest BCUT2D eigenvalue weighted by Crippen LogP contribution is 2.35. The van der Waals surface area contributed by atoms with Crippen molar-refractivity contribution in [1.29, 1.82) is 0 Å². The molecule has 18 heavy (non-hydrogen) atoms. The van der Waals surface area contributed by atoms with E-state index < -0.39 is 0 Å². The number of phenolic OH excluding ortho intramolecular Hbond substituents is 1. The summed E-state index contributed by atoms with van der Waals surface area (Å²) in [6, 6.07) is 6.92. The van der Waals surface area contributed by atoms with Gasteiger partial charge in [0, 0.05) is 35.4 Å². The van der Waals surface area contributed by atoms with Gasteiger partial charge in [0.05, 0.1) is 0 Å². The van der Waals surface area contributed by atoms with Crippen LogP contribution in [-0.4, -0.2) is 17.2 Å². The van der Waals surface area contributed by atoms with E-state index in [0.29, 0.717) is 17.8 Å². The summed E-state index contributed by atoms with van der Waals surface area (Å²) in [5, 5.41) is 10.1. The molecule has 3 atom stereocenters. The van der Waals surface area contributed by atoms with Gasteiger partial charge in [-0.15, -0.1) is 0 Å². The first-order chi connectivity index (χ1) is 8.54. The molecule has 3 N–H and O–H groups in total. The highest BCUT2D eigenvalue weighted by molar-refractivity contribution is 5.56. The fraction of sp³-hybridized carbons (Fsp3) is 0.600. The van der Waals surface area contributed by atoms with Gasteiger partial charge in [-0.05, 0) is 39.2 Å². The molecular formula is C15H24N2O. The summed E-state index contributed by atoms with van der Waals surface area (Å²) in [5.41, 5.74) is 7.76. The van der Waals surface area contributed by atoms with Gasteiger partial charge in [-0.1, -0.05) is 13.0 Å². The lowest BCUT2D eigenvalue weighted by Crippen LogP contribution is -2.34. The van der Waals surface area contributed by atoms with Gasteiger partial charge in [-0.2, -0.15) is 0 Å². The zero-order valence-electron chi connectivity index (χ0n) is 11.6. The topological polar surface area (TPSA) is 49.5 Å². The molecule has 3 unspecified atom stereocenters. The van der Waals surface area contributed by atoms with Crippen molar-refractivity contribution < 1.29 is 5.11 Å². The van der Waals surface area contributed by atoms with Crippen LogP contribution in [-0.2, 0) is 0 Å². The average molecular weight is 248 g/mol. The second-order valence-electron chi connectivity index (χ2n) is 5.43. The van der Waals surface area contributed by atoms with Crippen LogP contribution < -0.4 is 10.6 Å². The first kappa shape index (κ1) is 13.2. The third-order valence-electron chi connectivity index (χ3n) is 4.06. The molecule has 0 aliphatic carbocycles. The number of rotatable bonds is 3. The van der Waals surface area contributed by atoms with Crippen LogP contribution in [0.3, 0.4) is 0 Å². The second kappa shape index (κ2) is 5.19. The lowest BCUT2D eigenvalue weighted by molar-refractivity contribution is 0.463. The summed E-state index contributed by atoms with van der Waals surface area (Å²) in [6.45, 7) is 6.38. The number of anilines is 1. The van der Waals surface area contributed by atoms with Crippen LogP contribution in [0.15, 0.2) is 18.2 Å². The van der Waals surface area contributed by atoms with E-state index in [2.05, 4.69) is 24.8 Å². The molecule has 0 radical (unpaired) electrons. The van der Waals surface area contributed by atoms with Gasteiger partial charge in [-0.25, -0.2) is 0 Å². The number of hydrogen-bond acceptors (Lipinski definition) is 3. The molecule has 1 saturated heterocycles. The van der Waals surface area contributed by atoms with Gasteiger partial charge in [0.15, 0.2) is 0 Å². The maximum atomic E-state index is 10.1. The van der Waals surface area contributed by atoms with Crippen LogP contribution in [0.1, 0.15) is 51.6 Å². The fourth-order valence-corrected chi connectivity index (χ4v) is 3.02. The number of nitrogens with two attached hydrogens (primary N) is 1. The van der Waals surface area contributed by atoms with Gasteiger partial charge in [0.25, 0.3) is 0 Å². The Kier molecular flexibility index (Phi) is 3.81. The first-order valence-electron chi connectivity index (χ1n) is 6.91. The summed E-state index contributed by atoms with van der Waals surface area (Å²) in [6.07, 6.45) is 3.63. The van der Waals surface area contributed by atoms with Crippen LogP contribution in [0.25, 0.3) is 0 Å². The van der Waals surface area contributed by atoms with E-state index in [1.54, 1.807) is 0 Å². The molecule has 2 rings (SSSR count). The van der Waals surface area contributed by atoms with Gasteiger partial charge < -0.3 is 15.7 Å². The second-order valence-corrected chi connectivity index (χ2v) is 5.43. The van der Waals surface area contributed by atoms with Crippen LogP contribution in [0.5, 0.6) is 5.75 Å². The van der Waals surface area contributed by atoms with E-state index in [9.17, 15) is 5.11 Å². The minimum absolute atomic E-state index is 0.128. The smallest absolute Gasteiger partial charge is 0.122 e. The van der Waals surface area contributed by atoms with Gasteiger partial charge in [0.1, 0.15) is 5.75 Å². The van der Waals surface area contributed by atoms with Crippen molar-refractivity contribution in [2.75, 3.05) is 4.90 Å². The van der Waals surface area contributed by atoms with Crippen LogP contribution in [0.2, 0.25) is 0 Å². The van der Waals surface area contributed by atoms with Crippen molar-refractivity contribution in [3.8, 4) is 5.75 Å². The normalized spacial score (nSPS) is 25.4.